The molecule has 120 valence electrons. The predicted octanol–water partition coefficient (Wildman–Crippen LogP) is 4.33. The van der Waals surface area contributed by atoms with Crippen LogP contribution in [0.5, 0.6) is 0 Å². The molecule has 0 aliphatic heterocycles. The lowest BCUT2D eigenvalue weighted by molar-refractivity contribution is 0.115. The molecule has 0 saturated carbocycles. The SMILES string of the molecule is C=CC[Si](C)(C)C1=CCC=C1C(CC)[Si](OC)(OC)OC. The first-order chi connectivity index (χ1) is 9.92. The first-order valence-corrected chi connectivity index (χ1v) is 12.6. The summed E-state index contributed by atoms with van der Waals surface area (Å²) in [6.45, 7) is 10.9. The molecule has 5 heteroatoms. The molecule has 3 nitrogen and oxygen atoms in total. The minimum Gasteiger partial charge on any atom is -0.376 e. The molecule has 1 rings (SSSR count). The number of rotatable bonds is 9. The van der Waals surface area contributed by atoms with E-state index in [2.05, 4.69) is 44.8 Å². The Balaban J connectivity index is 3.17. The molecule has 0 radical (unpaired) electrons. The van der Waals surface area contributed by atoms with Gasteiger partial charge in [-0.2, -0.15) is 0 Å². The van der Waals surface area contributed by atoms with E-state index in [4.69, 9.17) is 13.3 Å². The monoisotopic (exact) mass is 326 g/mol. The summed E-state index contributed by atoms with van der Waals surface area (Å²) in [6, 6.07) is 1.09. The van der Waals surface area contributed by atoms with E-state index >= 15 is 0 Å². The molecule has 1 unspecified atom stereocenters. The van der Waals surface area contributed by atoms with Gasteiger partial charge >= 0.3 is 8.80 Å². The van der Waals surface area contributed by atoms with Crippen molar-refractivity contribution < 1.29 is 13.3 Å². The van der Waals surface area contributed by atoms with Gasteiger partial charge in [-0.25, -0.2) is 0 Å². The maximum Gasteiger partial charge on any atom is 0.507 e. The second-order valence-electron chi connectivity index (χ2n) is 6.07. The smallest absolute Gasteiger partial charge is 0.376 e. The van der Waals surface area contributed by atoms with Gasteiger partial charge in [0.15, 0.2) is 0 Å². The van der Waals surface area contributed by atoms with Crippen LogP contribution >= 0.6 is 0 Å². The topological polar surface area (TPSA) is 27.7 Å². The molecule has 1 atom stereocenters. The second-order valence-corrected chi connectivity index (χ2v) is 13.9. The van der Waals surface area contributed by atoms with Crippen LogP contribution in [-0.4, -0.2) is 38.2 Å². The number of allylic oxidation sites excluding steroid dienone is 5. The van der Waals surface area contributed by atoms with Crippen LogP contribution in [0.3, 0.4) is 0 Å². The Morgan fingerprint density at radius 1 is 1.19 bits per heavy atom. The Hall–Kier alpha value is -0.466. The average molecular weight is 327 g/mol. The molecule has 0 heterocycles. The van der Waals surface area contributed by atoms with Gasteiger partial charge in [-0.05, 0) is 24.5 Å². The van der Waals surface area contributed by atoms with Crippen molar-refractivity contribution in [2.45, 2.75) is 44.4 Å². The van der Waals surface area contributed by atoms with Crippen LogP contribution in [0, 0.1) is 0 Å². The normalized spacial score (nSPS) is 17.4. The molecule has 0 aromatic rings. The molecule has 21 heavy (non-hydrogen) atoms. The molecule has 1 aliphatic carbocycles. The molecule has 0 fully saturated rings. The Morgan fingerprint density at radius 2 is 1.76 bits per heavy atom. The van der Waals surface area contributed by atoms with E-state index in [-0.39, 0.29) is 5.54 Å². The molecule has 0 aromatic heterocycles. The highest BCUT2D eigenvalue weighted by atomic mass is 28.4. The summed E-state index contributed by atoms with van der Waals surface area (Å²) in [5.74, 6) is 0. The lowest BCUT2D eigenvalue weighted by Gasteiger charge is -2.36. The quantitative estimate of drug-likeness (QED) is 0.466. The fourth-order valence-corrected chi connectivity index (χ4v) is 8.66. The number of hydrogen-bond donors (Lipinski definition) is 0. The van der Waals surface area contributed by atoms with E-state index in [0.717, 1.165) is 18.9 Å². The molecule has 0 bridgehead atoms. The Labute approximate surface area is 132 Å². The van der Waals surface area contributed by atoms with Crippen molar-refractivity contribution >= 4 is 16.9 Å². The lowest BCUT2D eigenvalue weighted by Crippen LogP contribution is -2.49. The third-order valence-corrected chi connectivity index (χ3v) is 11.0. The van der Waals surface area contributed by atoms with Crippen LogP contribution in [0.2, 0.25) is 24.7 Å². The predicted molar refractivity (Wildman–Crippen MR) is 94.1 cm³/mol. The second kappa shape index (κ2) is 7.69. The van der Waals surface area contributed by atoms with Gasteiger partial charge in [-0.15, -0.1) is 6.58 Å². The van der Waals surface area contributed by atoms with Gasteiger partial charge in [-0.1, -0.05) is 43.4 Å². The maximum atomic E-state index is 5.74. The van der Waals surface area contributed by atoms with Crippen molar-refractivity contribution in [3.05, 3.63) is 35.6 Å². The van der Waals surface area contributed by atoms with Crippen molar-refractivity contribution in [2.75, 3.05) is 21.3 Å². The fraction of sp³-hybridized carbons (Fsp3) is 0.625. The van der Waals surface area contributed by atoms with E-state index in [1.54, 1.807) is 21.3 Å². The van der Waals surface area contributed by atoms with Gasteiger partial charge < -0.3 is 13.3 Å². The summed E-state index contributed by atoms with van der Waals surface area (Å²) in [5, 5.41) is 1.53. The largest absolute Gasteiger partial charge is 0.507 e. The Bertz CT molecular complexity index is 415. The molecule has 0 aromatic carbocycles. The van der Waals surface area contributed by atoms with E-state index in [0.29, 0.717) is 0 Å². The summed E-state index contributed by atoms with van der Waals surface area (Å²) in [6.07, 6.45) is 8.74. The van der Waals surface area contributed by atoms with E-state index in [9.17, 15) is 0 Å². The van der Waals surface area contributed by atoms with Crippen molar-refractivity contribution in [3.8, 4) is 0 Å². The van der Waals surface area contributed by atoms with E-state index < -0.39 is 16.9 Å². The zero-order valence-electron chi connectivity index (χ0n) is 14.4. The van der Waals surface area contributed by atoms with Crippen molar-refractivity contribution in [1.29, 1.82) is 0 Å². The highest BCUT2D eigenvalue weighted by Crippen LogP contribution is 2.44. The first kappa shape index (κ1) is 18.6. The molecular weight excluding hydrogens is 296 g/mol. The van der Waals surface area contributed by atoms with Gasteiger partial charge in [0, 0.05) is 21.3 Å². The van der Waals surface area contributed by atoms with Crippen LogP contribution in [0.25, 0.3) is 0 Å². The van der Waals surface area contributed by atoms with Crippen molar-refractivity contribution in [2.24, 2.45) is 0 Å². The maximum absolute atomic E-state index is 5.74. The molecule has 0 N–H and O–H groups in total. The summed E-state index contributed by atoms with van der Waals surface area (Å²) < 4.78 is 17.2. The fourth-order valence-electron chi connectivity index (χ4n) is 3.34. The van der Waals surface area contributed by atoms with Gasteiger partial charge in [0.25, 0.3) is 0 Å². The van der Waals surface area contributed by atoms with E-state index in [1.165, 1.54) is 10.8 Å². The highest BCUT2D eigenvalue weighted by molar-refractivity contribution is 6.86. The van der Waals surface area contributed by atoms with Crippen LogP contribution in [0.15, 0.2) is 35.6 Å². The first-order valence-electron chi connectivity index (χ1n) is 7.59. The van der Waals surface area contributed by atoms with Crippen LogP contribution in [-0.2, 0) is 13.3 Å². The minimum atomic E-state index is -2.67. The lowest BCUT2D eigenvalue weighted by atomic mass is 10.1. The average Bonchev–Trinajstić information content (AvgIpc) is 2.94. The summed E-state index contributed by atoms with van der Waals surface area (Å²) >= 11 is 0. The molecule has 0 saturated heterocycles. The zero-order chi connectivity index (χ0) is 16.1. The van der Waals surface area contributed by atoms with Gasteiger partial charge in [0.2, 0.25) is 0 Å². The van der Waals surface area contributed by atoms with Crippen LogP contribution < -0.4 is 0 Å². The van der Waals surface area contributed by atoms with Gasteiger partial charge in [0.05, 0.1) is 13.6 Å². The van der Waals surface area contributed by atoms with Crippen LogP contribution in [0.1, 0.15) is 19.8 Å². The van der Waals surface area contributed by atoms with Crippen LogP contribution in [0.4, 0.5) is 0 Å². The third-order valence-electron chi connectivity index (χ3n) is 4.42. The van der Waals surface area contributed by atoms with Gasteiger partial charge in [0.1, 0.15) is 0 Å². The summed E-state index contributed by atoms with van der Waals surface area (Å²) in [7, 11) is 0.937. The van der Waals surface area contributed by atoms with Crippen molar-refractivity contribution in [3.63, 3.8) is 0 Å². The molecule has 0 amide bonds. The Morgan fingerprint density at radius 3 is 2.19 bits per heavy atom. The summed E-state index contributed by atoms with van der Waals surface area (Å²) in [5.41, 5.74) is 1.61. The van der Waals surface area contributed by atoms with Crippen molar-refractivity contribution in [1.82, 2.24) is 0 Å². The third kappa shape index (κ3) is 3.66. The number of hydrogen-bond acceptors (Lipinski definition) is 3. The van der Waals surface area contributed by atoms with Gasteiger partial charge in [-0.3, -0.25) is 0 Å². The summed E-state index contributed by atoms with van der Waals surface area (Å²) in [4.78, 5) is 0. The highest BCUT2D eigenvalue weighted by Gasteiger charge is 2.50. The molecule has 1 aliphatic rings. The Kier molecular flexibility index (Phi) is 6.81. The molecule has 0 spiro atoms. The zero-order valence-corrected chi connectivity index (χ0v) is 16.4. The minimum absolute atomic E-state index is 0.211. The van der Waals surface area contributed by atoms with E-state index in [1.807, 2.05) is 0 Å². The molecular formula is C16H30O3Si2. The standard InChI is InChI=1S/C16H30O3Si2/c1-8-13-20(6,7)16-12-10-11-14(16)15(9-2)21(17-3,18-4)19-5/h8,11-12,15H,1,9-10,13H2,2-7H3.